The van der Waals surface area contributed by atoms with E-state index in [-0.39, 0.29) is 5.96 Å². The molecule has 3 rings (SSSR count). The summed E-state index contributed by atoms with van der Waals surface area (Å²) in [4.78, 5) is 8.05. The molecule has 0 unspecified atom stereocenters. The summed E-state index contributed by atoms with van der Waals surface area (Å²) in [5.41, 5.74) is 5.38. The summed E-state index contributed by atoms with van der Waals surface area (Å²) >= 11 is 0.908. The third-order valence-corrected chi connectivity index (χ3v) is 5.68. The standard InChI is InChI=1S/C18H18F5N5S/c19-12-11(13(20)15(22)16(23)14(12)21)9-29-17-10(2-1-3-26-17)8-27-4-6-28(7-5-27)18(24)25/h1-3H,4-9H2,(H3,24,25). The van der Waals surface area contributed by atoms with Gasteiger partial charge in [0.15, 0.2) is 29.2 Å². The molecule has 1 aromatic heterocycles. The van der Waals surface area contributed by atoms with Crippen molar-refractivity contribution in [1.82, 2.24) is 14.8 Å². The Morgan fingerprint density at radius 1 is 1.00 bits per heavy atom. The fourth-order valence-corrected chi connectivity index (χ4v) is 3.97. The van der Waals surface area contributed by atoms with Crippen LogP contribution in [0.3, 0.4) is 0 Å². The Morgan fingerprint density at radius 3 is 2.17 bits per heavy atom. The van der Waals surface area contributed by atoms with Crippen LogP contribution < -0.4 is 5.73 Å². The lowest BCUT2D eigenvalue weighted by molar-refractivity contribution is 0.172. The molecule has 0 radical (unpaired) electrons. The summed E-state index contributed by atoms with van der Waals surface area (Å²) in [6.07, 6.45) is 1.50. The second-order valence-corrected chi connectivity index (χ2v) is 7.42. The molecule has 1 fully saturated rings. The summed E-state index contributed by atoms with van der Waals surface area (Å²) in [6, 6.07) is 3.51. The van der Waals surface area contributed by atoms with Crippen LogP contribution in [0.2, 0.25) is 0 Å². The number of thioether (sulfide) groups is 1. The first-order chi connectivity index (χ1) is 13.8. The Labute approximate surface area is 168 Å². The van der Waals surface area contributed by atoms with Gasteiger partial charge in [-0.1, -0.05) is 6.07 Å². The fourth-order valence-electron chi connectivity index (χ4n) is 2.98. The highest BCUT2D eigenvalue weighted by atomic mass is 32.2. The van der Waals surface area contributed by atoms with Gasteiger partial charge in [-0.15, -0.1) is 11.8 Å². The summed E-state index contributed by atoms with van der Waals surface area (Å²) in [5.74, 6) is -10.2. The number of nitrogens with two attached hydrogens (primary N) is 1. The monoisotopic (exact) mass is 431 g/mol. The number of nitrogens with one attached hydrogen (secondary N) is 1. The third-order valence-electron chi connectivity index (χ3n) is 4.61. The first kappa shape index (κ1) is 21.3. The Morgan fingerprint density at radius 2 is 1.59 bits per heavy atom. The molecular formula is C18H18F5N5S. The molecule has 11 heteroatoms. The van der Waals surface area contributed by atoms with Crippen molar-refractivity contribution >= 4 is 17.7 Å². The number of piperazine rings is 1. The van der Waals surface area contributed by atoms with Crippen LogP contribution in [0, 0.1) is 34.5 Å². The molecule has 2 heterocycles. The van der Waals surface area contributed by atoms with Crippen molar-refractivity contribution in [2.75, 3.05) is 26.2 Å². The Bertz CT molecular complexity index is 889. The minimum absolute atomic E-state index is 0.0186. The van der Waals surface area contributed by atoms with Crippen LogP contribution in [0.4, 0.5) is 22.0 Å². The summed E-state index contributed by atoms with van der Waals surface area (Å²) in [5, 5.41) is 7.91. The van der Waals surface area contributed by atoms with Crippen LogP contribution in [0.5, 0.6) is 0 Å². The molecule has 5 nitrogen and oxygen atoms in total. The predicted octanol–water partition coefficient (Wildman–Crippen LogP) is 3.08. The van der Waals surface area contributed by atoms with Crippen molar-refractivity contribution in [3.05, 3.63) is 58.5 Å². The Kier molecular flexibility index (Phi) is 6.58. The Hall–Kier alpha value is -2.40. The number of pyridine rings is 1. The number of aromatic nitrogens is 1. The van der Waals surface area contributed by atoms with Crippen LogP contribution in [0.1, 0.15) is 11.1 Å². The average molecular weight is 431 g/mol. The summed E-state index contributed by atoms with van der Waals surface area (Å²) < 4.78 is 67.7. The van der Waals surface area contributed by atoms with E-state index < -0.39 is 40.4 Å². The highest BCUT2D eigenvalue weighted by Crippen LogP contribution is 2.30. The van der Waals surface area contributed by atoms with E-state index in [1.54, 1.807) is 17.0 Å². The third kappa shape index (κ3) is 4.61. The van der Waals surface area contributed by atoms with Gasteiger partial charge < -0.3 is 10.6 Å². The topological polar surface area (TPSA) is 69.2 Å². The maximum atomic E-state index is 13.9. The molecule has 29 heavy (non-hydrogen) atoms. The van der Waals surface area contributed by atoms with E-state index in [0.29, 0.717) is 37.7 Å². The van der Waals surface area contributed by atoms with E-state index in [4.69, 9.17) is 11.1 Å². The Balaban J connectivity index is 1.72. The highest BCUT2D eigenvalue weighted by Gasteiger charge is 2.26. The van der Waals surface area contributed by atoms with Crippen molar-refractivity contribution in [2.45, 2.75) is 17.3 Å². The average Bonchev–Trinajstić information content (AvgIpc) is 2.72. The molecule has 1 aromatic carbocycles. The lowest BCUT2D eigenvalue weighted by atomic mass is 10.2. The van der Waals surface area contributed by atoms with E-state index in [9.17, 15) is 22.0 Å². The lowest BCUT2D eigenvalue weighted by Gasteiger charge is -2.35. The first-order valence-corrected chi connectivity index (χ1v) is 9.66. The minimum Gasteiger partial charge on any atom is -0.370 e. The number of rotatable bonds is 5. The molecule has 3 N–H and O–H groups in total. The molecule has 0 bridgehead atoms. The number of benzene rings is 1. The molecule has 0 amide bonds. The van der Waals surface area contributed by atoms with Gasteiger partial charge >= 0.3 is 0 Å². The van der Waals surface area contributed by atoms with Gasteiger partial charge in [0.2, 0.25) is 5.82 Å². The van der Waals surface area contributed by atoms with E-state index >= 15 is 0 Å². The lowest BCUT2D eigenvalue weighted by Crippen LogP contribution is -2.50. The maximum absolute atomic E-state index is 13.9. The number of hydrogen-bond acceptors (Lipinski definition) is 4. The van der Waals surface area contributed by atoms with E-state index in [1.807, 2.05) is 0 Å². The smallest absolute Gasteiger partial charge is 0.200 e. The van der Waals surface area contributed by atoms with Crippen molar-refractivity contribution in [3.63, 3.8) is 0 Å². The van der Waals surface area contributed by atoms with Gasteiger partial charge in [-0.2, -0.15) is 0 Å². The van der Waals surface area contributed by atoms with Crippen molar-refractivity contribution in [3.8, 4) is 0 Å². The molecule has 0 atom stereocenters. The van der Waals surface area contributed by atoms with Crippen LogP contribution in [-0.4, -0.2) is 46.9 Å². The van der Waals surface area contributed by atoms with Crippen LogP contribution in [0.25, 0.3) is 0 Å². The number of hydrogen-bond donors (Lipinski definition) is 2. The van der Waals surface area contributed by atoms with Gasteiger partial charge in [-0.25, -0.2) is 26.9 Å². The van der Waals surface area contributed by atoms with Crippen LogP contribution >= 0.6 is 11.8 Å². The van der Waals surface area contributed by atoms with Gasteiger partial charge in [0, 0.05) is 50.2 Å². The SMILES string of the molecule is N=C(N)N1CCN(Cc2cccnc2SCc2c(F)c(F)c(F)c(F)c2F)CC1. The molecular weight excluding hydrogens is 413 g/mol. The molecule has 0 spiro atoms. The molecule has 2 aromatic rings. The fraction of sp³-hybridized carbons (Fsp3) is 0.333. The number of halogens is 5. The zero-order valence-electron chi connectivity index (χ0n) is 15.2. The summed E-state index contributed by atoms with van der Waals surface area (Å²) in [7, 11) is 0. The molecule has 1 aliphatic rings. The van der Waals surface area contributed by atoms with Crippen LogP contribution in [0.15, 0.2) is 23.4 Å². The second kappa shape index (κ2) is 8.95. The molecule has 1 aliphatic heterocycles. The summed E-state index contributed by atoms with van der Waals surface area (Å²) in [6.45, 7) is 3.02. The van der Waals surface area contributed by atoms with Gasteiger partial charge in [0.1, 0.15) is 5.03 Å². The zero-order valence-corrected chi connectivity index (χ0v) is 16.0. The second-order valence-electron chi connectivity index (χ2n) is 6.45. The molecule has 0 saturated carbocycles. The van der Waals surface area contributed by atoms with Gasteiger partial charge in [-0.3, -0.25) is 10.3 Å². The quantitative estimate of drug-likeness (QED) is 0.190. The molecule has 156 valence electrons. The maximum Gasteiger partial charge on any atom is 0.200 e. The van der Waals surface area contributed by atoms with Crippen molar-refractivity contribution < 1.29 is 22.0 Å². The zero-order chi connectivity index (χ0) is 21.1. The molecule has 0 aliphatic carbocycles. The van der Waals surface area contributed by atoms with Crippen molar-refractivity contribution in [1.29, 1.82) is 5.41 Å². The van der Waals surface area contributed by atoms with E-state index in [1.165, 1.54) is 6.20 Å². The van der Waals surface area contributed by atoms with Crippen molar-refractivity contribution in [2.24, 2.45) is 5.73 Å². The first-order valence-electron chi connectivity index (χ1n) is 8.68. The van der Waals surface area contributed by atoms with Gasteiger partial charge in [0.25, 0.3) is 0 Å². The normalized spacial score (nSPS) is 15.0. The predicted molar refractivity (Wildman–Crippen MR) is 98.8 cm³/mol. The minimum atomic E-state index is -2.17. The van der Waals surface area contributed by atoms with E-state index in [0.717, 1.165) is 17.3 Å². The number of nitrogens with zero attached hydrogens (tertiary/aromatic N) is 3. The largest absolute Gasteiger partial charge is 0.370 e. The number of guanidine groups is 1. The van der Waals surface area contributed by atoms with Gasteiger partial charge in [0.05, 0.1) is 0 Å². The highest BCUT2D eigenvalue weighted by molar-refractivity contribution is 7.98. The van der Waals surface area contributed by atoms with Gasteiger partial charge in [-0.05, 0) is 11.6 Å². The molecule has 1 saturated heterocycles. The van der Waals surface area contributed by atoms with Crippen LogP contribution in [-0.2, 0) is 12.3 Å². The van der Waals surface area contributed by atoms with E-state index in [2.05, 4.69) is 9.88 Å².